The lowest BCUT2D eigenvalue weighted by molar-refractivity contribution is -0.140. The molecule has 0 spiro atoms. The molecule has 0 saturated heterocycles. The predicted octanol–water partition coefficient (Wildman–Crippen LogP) is 8.13. The number of ether oxygens (including phenoxy) is 2. The molecule has 158 valence electrons. The first kappa shape index (κ1) is 25.2. The van der Waals surface area contributed by atoms with Gasteiger partial charge in [-0.15, -0.1) is 0 Å². The zero-order chi connectivity index (χ0) is 20.8. The number of esters is 1. The molecule has 0 radical (unpaired) electrons. The monoisotopic (exact) mass is 516 g/mol. The minimum Gasteiger partial charge on any atom is -0.460 e. The number of hydrogen-bond acceptors (Lipinski definition) is 3. The fourth-order valence-corrected chi connectivity index (χ4v) is 4.49. The van der Waals surface area contributed by atoms with Gasteiger partial charge in [-0.2, -0.15) is 0 Å². The number of carbonyl (C=O) groups is 1. The summed E-state index contributed by atoms with van der Waals surface area (Å²) in [7, 11) is 0. The quantitative estimate of drug-likeness (QED) is 0.102. The van der Waals surface area contributed by atoms with Crippen LogP contribution >= 0.6 is 31.9 Å². The molecular formula is C23H34Br2O3. The van der Waals surface area contributed by atoms with Gasteiger partial charge in [0.25, 0.3) is 0 Å². The molecule has 3 nitrogen and oxygen atoms in total. The van der Waals surface area contributed by atoms with Crippen LogP contribution in [0.3, 0.4) is 0 Å². The van der Waals surface area contributed by atoms with Gasteiger partial charge in [-0.3, -0.25) is 0 Å². The fraction of sp³-hybridized carbons (Fsp3) is 0.609. The number of aryl methyl sites for hydroxylation is 1. The summed E-state index contributed by atoms with van der Waals surface area (Å²) in [6.07, 6.45) is 14.0. The van der Waals surface area contributed by atoms with E-state index in [0.29, 0.717) is 12.4 Å². The van der Waals surface area contributed by atoms with Crippen molar-refractivity contribution in [2.24, 2.45) is 0 Å². The van der Waals surface area contributed by atoms with Gasteiger partial charge in [-0.25, -0.2) is 4.79 Å². The summed E-state index contributed by atoms with van der Waals surface area (Å²) in [6, 6.07) is 3.96. The molecule has 0 N–H and O–H groups in total. The topological polar surface area (TPSA) is 35.5 Å². The molecule has 0 aromatic heterocycles. The number of benzene rings is 1. The molecule has 28 heavy (non-hydrogen) atoms. The van der Waals surface area contributed by atoms with Crippen molar-refractivity contribution in [1.29, 1.82) is 0 Å². The van der Waals surface area contributed by atoms with Gasteiger partial charge < -0.3 is 9.47 Å². The Kier molecular flexibility index (Phi) is 13.6. The third-order valence-electron chi connectivity index (χ3n) is 4.61. The molecule has 1 aromatic rings. The Balaban J connectivity index is 2.45. The van der Waals surface area contributed by atoms with Crippen LogP contribution < -0.4 is 4.74 Å². The zero-order valence-electron chi connectivity index (χ0n) is 17.3. The van der Waals surface area contributed by atoms with Gasteiger partial charge in [0.15, 0.2) is 0 Å². The Bertz CT molecular complexity index is 614. The van der Waals surface area contributed by atoms with Gasteiger partial charge in [0.05, 0.1) is 11.1 Å². The van der Waals surface area contributed by atoms with Crippen molar-refractivity contribution in [2.75, 3.05) is 6.61 Å². The lowest BCUT2D eigenvalue weighted by atomic mass is 10.0. The van der Waals surface area contributed by atoms with Crippen molar-refractivity contribution in [1.82, 2.24) is 0 Å². The average Bonchev–Trinajstić information content (AvgIpc) is 2.65. The maximum Gasteiger partial charge on any atom is 0.373 e. The molecule has 1 rings (SSSR count). The average molecular weight is 518 g/mol. The highest BCUT2D eigenvalue weighted by Crippen LogP contribution is 2.35. The van der Waals surface area contributed by atoms with E-state index in [1.54, 1.807) is 6.92 Å². The number of unbranched alkanes of at least 4 members (excludes halogenated alkanes) is 9. The minimum atomic E-state index is -0.526. The lowest BCUT2D eigenvalue weighted by Crippen LogP contribution is -2.12. The van der Waals surface area contributed by atoms with Crippen LogP contribution in [0.2, 0.25) is 0 Å². The Morgan fingerprint density at radius 2 is 1.50 bits per heavy atom. The van der Waals surface area contributed by atoms with E-state index in [1.165, 1.54) is 57.8 Å². The first-order valence-corrected chi connectivity index (χ1v) is 12.1. The van der Waals surface area contributed by atoms with Crippen molar-refractivity contribution in [2.45, 2.75) is 84.5 Å². The molecule has 0 aliphatic rings. The summed E-state index contributed by atoms with van der Waals surface area (Å²) < 4.78 is 12.5. The van der Waals surface area contributed by atoms with Crippen LogP contribution in [0, 0.1) is 0 Å². The summed E-state index contributed by atoms with van der Waals surface area (Å²) in [6.45, 7) is 8.02. The van der Waals surface area contributed by atoms with Crippen molar-refractivity contribution in [3.05, 3.63) is 39.0 Å². The molecule has 0 unspecified atom stereocenters. The minimum absolute atomic E-state index is 0.00851. The van der Waals surface area contributed by atoms with Crippen LogP contribution in [0.4, 0.5) is 0 Å². The third-order valence-corrected chi connectivity index (χ3v) is 5.66. The number of halogens is 2. The SMILES string of the molecule is C=C(Oc1c(Br)cc(Br)cc1CCCCCCCCCCCC)C(=O)OCC. The van der Waals surface area contributed by atoms with Gasteiger partial charge >= 0.3 is 5.97 Å². The van der Waals surface area contributed by atoms with Crippen LogP contribution in [0.25, 0.3) is 0 Å². The molecule has 0 heterocycles. The highest BCUT2D eigenvalue weighted by molar-refractivity contribution is 9.11. The van der Waals surface area contributed by atoms with E-state index in [-0.39, 0.29) is 5.76 Å². The first-order valence-electron chi connectivity index (χ1n) is 10.5. The van der Waals surface area contributed by atoms with E-state index in [4.69, 9.17) is 9.47 Å². The molecule has 0 aliphatic heterocycles. The number of carbonyl (C=O) groups excluding carboxylic acids is 1. The van der Waals surface area contributed by atoms with E-state index in [1.807, 2.05) is 12.1 Å². The van der Waals surface area contributed by atoms with Gasteiger partial charge in [-0.1, -0.05) is 80.6 Å². The molecule has 0 bridgehead atoms. The maximum atomic E-state index is 11.8. The standard InChI is InChI=1S/C23H34Br2O3/c1-4-6-7-8-9-10-11-12-13-14-15-19-16-20(24)17-21(25)22(19)28-18(3)23(26)27-5-2/h16-17H,3-15H2,1-2H3. The van der Waals surface area contributed by atoms with Crippen LogP contribution in [0.5, 0.6) is 5.75 Å². The van der Waals surface area contributed by atoms with Gasteiger partial charge in [-0.05, 0) is 60.0 Å². The molecule has 1 aromatic carbocycles. The smallest absolute Gasteiger partial charge is 0.373 e. The van der Waals surface area contributed by atoms with Crippen molar-refractivity contribution < 1.29 is 14.3 Å². The molecule has 0 amide bonds. The highest BCUT2D eigenvalue weighted by Gasteiger charge is 2.16. The van der Waals surface area contributed by atoms with Gasteiger partial charge in [0.2, 0.25) is 5.76 Å². The highest BCUT2D eigenvalue weighted by atomic mass is 79.9. The second-order valence-corrected chi connectivity index (χ2v) is 8.82. The van der Waals surface area contributed by atoms with Crippen molar-refractivity contribution in [3.63, 3.8) is 0 Å². The largest absolute Gasteiger partial charge is 0.460 e. The fourth-order valence-electron chi connectivity index (χ4n) is 3.09. The van der Waals surface area contributed by atoms with Crippen LogP contribution in [0.15, 0.2) is 33.4 Å². The van der Waals surface area contributed by atoms with E-state index in [9.17, 15) is 4.79 Å². The molecule has 5 heteroatoms. The van der Waals surface area contributed by atoms with Crippen molar-refractivity contribution in [3.8, 4) is 5.75 Å². The Hall–Kier alpha value is -0.810. The van der Waals surface area contributed by atoms with E-state index >= 15 is 0 Å². The van der Waals surface area contributed by atoms with Crippen LogP contribution in [0.1, 0.15) is 83.6 Å². The Labute approximate surface area is 187 Å². The third kappa shape index (κ3) is 10.1. The zero-order valence-corrected chi connectivity index (χ0v) is 20.5. The summed E-state index contributed by atoms with van der Waals surface area (Å²) in [5, 5.41) is 0. The molecular weight excluding hydrogens is 484 g/mol. The van der Waals surface area contributed by atoms with E-state index in [2.05, 4.69) is 45.4 Å². The molecule has 0 saturated carbocycles. The molecule has 0 aliphatic carbocycles. The van der Waals surface area contributed by atoms with Gasteiger partial charge in [0, 0.05) is 4.47 Å². The van der Waals surface area contributed by atoms with Gasteiger partial charge in [0.1, 0.15) is 5.75 Å². The first-order chi connectivity index (χ1) is 13.5. The van der Waals surface area contributed by atoms with Crippen LogP contribution in [-0.4, -0.2) is 12.6 Å². The van der Waals surface area contributed by atoms with E-state index < -0.39 is 5.97 Å². The Morgan fingerprint density at radius 1 is 0.929 bits per heavy atom. The molecule has 0 atom stereocenters. The summed E-state index contributed by atoms with van der Waals surface area (Å²) >= 11 is 7.07. The van der Waals surface area contributed by atoms with Crippen LogP contribution in [-0.2, 0) is 16.0 Å². The number of hydrogen-bond donors (Lipinski definition) is 0. The second kappa shape index (κ2) is 15.1. The summed E-state index contributed by atoms with van der Waals surface area (Å²) in [5.41, 5.74) is 1.06. The summed E-state index contributed by atoms with van der Waals surface area (Å²) in [4.78, 5) is 11.8. The lowest BCUT2D eigenvalue weighted by Gasteiger charge is -2.15. The second-order valence-electron chi connectivity index (χ2n) is 7.05. The predicted molar refractivity (Wildman–Crippen MR) is 124 cm³/mol. The number of rotatable bonds is 15. The van der Waals surface area contributed by atoms with E-state index in [0.717, 1.165) is 27.4 Å². The summed E-state index contributed by atoms with van der Waals surface area (Å²) in [5.74, 6) is 0.133. The maximum absolute atomic E-state index is 11.8. The molecule has 0 fully saturated rings. The van der Waals surface area contributed by atoms with Crippen molar-refractivity contribution >= 4 is 37.8 Å². The normalized spacial score (nSPS) is 10.7. The Morgan fingerprint density at radius 3 is 2.07 bits per heavy atom.